The molecular weight excluding hydrogens is 270 g/mol. The van der Waals surface area contributed by atoms with Crippen LogP contribution in [0, 0.1) is 20.8 Å². The van der Waals surface area contributed by atoms with Gasteiger partial charge in [0.05, 0.1) is 11.4 Å². The van der Waals surface area contributed by atoms with Crippen molar-refractivity contribution in [3.8, 4) is 5.75 Å². The summed E-state index contributed by atoms with van der Waals surface area (Å²) in [6, 6.07) is 7.84. The molecular formula is C16H19NO2S. The highest BCUT2D eigenvalue weighted by Crippen LogP contribution is 2.25. The number of amides is 1. The molecule has 1 heterocycles. The van der Waals surface area contributed by atoms with Gasteiger partial charge in [-0.1, -0.05) is 18.2 Å². The predicted molar refractivity (Wildman–Crippen MR) is 82.8 cm³/mol. The molecule has 2 rings (SSSR count). The highest BCUT2D eigenvalue weighted by atomic mass is 32.1. The molecule has 0 bridgehead atoms. The number of ether oxygens (including phenoxy) is 1. The quantitative estimate of drug-likeness (QED) is 0.856. The van der Waals surface area contributed by atoms with Crippen LogP contribution in [0.1, 0.15) is 26.4 Å². The summed E-state index contributed by atoms with van der Waals surface area (Å²) in [4.78, 5) is 12.5. The first-order valence-corrected chi connectivity index (χ1v) is 7.49. The molecule has 4 heteroatoms. The first kappa shape index (κ1) is 14.6. The summed E-state index contributed by atoms with van der Waals surface area (Å²) in [5.74, 6) is 0.886. The molecule has 0 radical (unpaired) electrons. The van der Waals surface area contributed by atoms with Crippen molar-refractivity contribution < 1.29 is 9.53 Å². The van der Waals surface area contributed by atoms with Crippen molar-refractivity contribution in [3.63, 3.8) is 0 Å². The van der Waals surface area contributed by atoms with Crippen LogP contribution in [0.3, 0.4) is 0 Å². The van der Waals surface area contributed by atoms with Crippen molar-refractivity contribution in [2.75, 3.05) is 13.2 Å². The van der Waals surface area contributed by atoms with Crippen molar-refractivity contribution in [3.05, 3.63) is 51.2 Å². The number of hydrogen-bond acceptors (Lipinski definition) is 3. The fraction of sp³-hybridized carbons (Fsp3) is 0.312. The molecule has 106 valence electrons. The second-order valence-electron chi connectivity index (χ2n) is 4.74. The molecule has 1 N–H and O–H groups in total. The number of benzene rings is 1. The van der Waals surface area contributed by atoms with Crippen molar-refractivity contribution in [1.29, 1.82) is 0 Å². The molecule has 3 nitrogen and oxygen atoms in total. The molecule has 0 aliphatic rings. The van der Waals surface area contributed by atoms with Crippen LogP contribution in [0.5, 0.6) is 5.75 Å². The minimum absolute atomic E-state index is 0.0405. The molecule has 0 atom stereocenters. The number of rotatable bonds is 5. The lowest BCUT2D eigenvalue weighted by Crippen LogP contribution is -2.27. The van der Waals surface area contributed by atoms with E-state index in [1.807, 2.05) is 24.4 Å². The highest BCUT2D eigenvalue weighted by Gasteiger charge is 2.08. The van der Waals surface area contributed by atoms with E-state index in [0.29, 0.717) is 13.2 Å². The molecule has 1 aromatic carbocycles. The van der Waals surface area contributed by atoms with E-state index < -0.39 is 0 Å². The molecule has 2 aromatic rings. The number of thiophene rings is 1. The van der Waals surface area contributed by atoms with Crippen LogP contribution in [0.15, 0.2) is 29.6 Å². The Morgan fingerprint density at radius 1 is 1.20 bits per heavy atom. The van der Waals surface area contributed by atoms with Crippen molar-refractivity contribution in [2.45, 2.75) is 20.8 Å². The summed E-state index contributed by atoms with van der Waals surface area (Å²) >= 11 is 1.44. The Hall–Kier alpha value is -1.81. The Labute approximate surface area is 123 Å². The topological polar surface area (TPSA) is 38.3 Å². The van der Waals surface area contributed by atoms with Crippen LogP contribution in [-0.2, 0) is 0 Å². The normalized spacial score (nSPS) is 10.3. The number of aryl methyl sites for hydroxylation is 2. The van der Waals surface area contributed by atoms with Gasteiger partial charge in [0.15, 0.2) is 0 Å². The third kappa shape index (κ3) is 3.39. The summed E-state index contributed by atoms with van der Waals surface area (Å²) < 4.78 is 5.80. The minimum atomic E-state index is -0.0405. The maximum Gasteiger partial charge on any atom is 0.261 e. The predicted octanol–water partition coefficient (Wildman–Crippen LogP) is 3.48. The van der Waals surface area contributed by atoms with Gasteiger partial charge in [-0.3, -0.25) is 4.79 Å². The fourth-order valence-electron chi connectivity index (χ4n) is 1.96. The second kappa shape index (κ2) is 6.57. The van der Waals surface area contributed by atoms with Gasteiger partial charge in [-0.05, 0) is 48.9 Å². The monoisotopic (exact) mass is 289 g/mol. The van der Waals surface area contributed by atoms with Crippen molar-refractivity contribution in [2.24, 2.45) is 0 Å². The Morgan fingerprint density at radius 3 is 2.65 bits per heavy atom. The lowest BCUT2D eigenvalue weighted by Gasteiger charge is -2.14. The molecule has 0 saturated carbocycles. The molecule has 0 aliphatic heterocycles. The van der Waals surface area contributed by atoms with Gasteiger partial charge in [0.2, 0.25) is 0 Å². The van der Waals surface area contributed by atoms with E-state index >= 15 is 0 Å². The van der Waals surface area contributed by atoms with Gasteiger partial charge in [-0.25, -0.2) is 0 Å². The summed E-state index contributed by atoms with van der Waals surface area (Å²) in [6.07, 6.45) is 0. The molecule has 20 heavy (non-hydrogen) atoms. The summed E-state index contributed by atoms with van der Waals surface area (Å²) in [5.41, 5.74) is 3.50. The van der Waals surface area contributed by atoms with E-state index in [4.69, 9.17) is 4.74 Å². The number of hydrogen-bond donors (Lipinski definition) is 1. The van der Waals surface area contributed by atoms with Gasteiger partial charge >= 0.3 is 0 Å². The van der Waals surface area contributed by atoms with Crippen LogP contribution in [0.4, 0.5) is 0 Å². The number of carbonyl (C=O) groups excluding carboxylic acids is 1. The van der Waals surface area contributed by atoms with Crippen LogP contribution >= 0.6 is 11.3 Å². The third-order valence-corrected chi connectivity index (χ3v) is 4.12. The van der Waals surface area contributed by atoms with Gasteiger partial charge in [0, 0.05) is 0 Å². The summed E-state index contributed by atoms with van der Waals surface area (Å²) in [6.45, 7) is 7.14. The first-order chi connectivity index (χ1) is 9.59. The van der Waals surface area contributed by atoms with Gasteiger partial charge in [-0.2, -0.15) is 0 Å². The average Bonchev–Trinajstić information content (AvgIpc) is 2.96. The molecule has 0 unspecified atom stereocenters. The van der Waals surface area contributed by atoms with E-state index in [0.717, 1.165) is 21.8 Å². The Morgan fingerprint density at radius 2 is 1.95 bits per heavy atom. The molecule has 0 spiro atoms. The zero-order valence-electron chi connectivity index (χ0n) is 12.0. The van der Waals surface area contributed by atoms with Crippen molar-refractivity contribution in [1.82, 2.24) is 5.32 Å². The lowest BCUT2D eigenvalue weighted by atomic mass is 10.1. The molecule has 1 amide bonds. The molecule has 0 aliphatic carbocycles. The Bertz CT molecular complexity index is 591. The standard InChI is InChI=1S/C16H19NO2S/c1-11-6-7-12(2)15(13(11)3)19-9-8-17-16(18)14-5-4-10-20-14/h4-7,10H,8-9H2,1-3H3,(H,17,18). The first-order valence-electron chi connectivity index (χ1n) is 6.61. The van der Waals surface area contributed by atoms with Gasteiger partial charge in [0.1, 0.15) is 12.4 Å². The van der Waals surface area contributed by atoms with Gasteiger partial charge in [-0.15, -0.1) is 11.3 Å². The van der Waals surface area contributed by atoms with E-state index in [-0.39, 0.29) is 5.91 Å². The van der Waals surface area contributed by atoms with Crippen LogP contribution in [-0.4, -0.2) is 19.1 Å². The smallest absolute Gasteiger partial charge is 0.261 e. The number of nitrogens with one attached hydrogen (secondary N) is 1. The SMILES string of the molecule is Cc1ccc(C)c(OCCNC(=O)c2cccs2)c1C. The minimum Gasteiger partial charge on any atom is -0.491 e. The number of carbonyl (C=O) groups is 1. The third-order valence-electron chi connectivity index (χ3n) is 3.25. The molecule has 0 fully saturated rings. The maximum atomic E-state index is 11.7. The Kier molecular flexibility index (Phi) is 4.79. The average molecular weight is 289 g/mol. The van der Waals surface area contributed by atoms with Crippen LogP contribution in [0.2, 0.25) is 0 Å². The zero-order chi connectivity index (χ0) is 14.5. The summed E-state index contributed by atoms with van der Waals surface area (Å²) in [7, 11) is 0. The van der Waals surface area contributed by atoms with E-state index in [1.165, 1.54) is 16.9 Å². The lowest BCUT2D eigenvalue weighted by molar-refractivity contribution is 0.0951. The molecule has 0 saturated heterocycles. The van der Waals surface area contributed by atoms with E-state index in [2.05, 4.69) is 31.3 Å². The summed E-state index contributed by atoms with van der Waals surface area (Å²) in [5, 5.41) is 4.75. The second-order valence-corrected chi connectivity index (χ2v) is 5.68. The zero-order valence-corrected chi connectivity index (χ0v) is 12.8. The van der Waals surface area contributed by atoms with Gasteiger partial charge < -0.3 is 10.1 Å². The van der Waals surface area contributed by atoms with Crippen molar-refractivity contribution >= 4 is 17.2 Å². The largest absolute Gasteiger partial charge is 0.491 e. The maximum absolute atomic E-state index is 11.7. The van der Waals surface area contributed by atoms with Gasteiger partial charge in [0.25, 0.3) is 5.91 Å². The highest BCUT2D eigenvalue weighted by molar-refractivity contribution is 7.12. The van der Waals surface area contributed by atoms with E-state index in [9.17, 15) is 4.79 Å². The van der Waals surface area contributed by atoms with Crippen LogP contribution in [0.25, 0.3) is 0 Å². The molecule has 1 aromatic heterocycles. The Balaban J connectivity index is 1.85. The fourth-order valence-corrected chi connectivity index (χ4v) is 2.60. The van der Waals surface area contributed by atoms with Crippen LogP contribution < -0.4 is 10.1 Å². The van der Waals surface area contributed by atoms with E-state index in [1.54, 1.807) is 0 Å².